The number of benzene rings is 1. The maximum atomic E-state index is 5.76. The summed E-state index contributed by atoms with van der Waals surface area (Å²) in [7, 11) is 1.93. The minimum Gasteiger partial charge on any atom is -0.399 e. The van der Waals surface area contributed by atoms with Crippen LogP contribution < -0.4 is 5.73 Å². The summed E-state index contributed by atoms with van der Waals surface area (Å²) in [6, 6.07) is 10.1. The van der Waals surface area contributed by atoms with Crippen molar-refractivity contribution in [1.29, 1.82) is 0 Å². The van der Waals surface area contributed by atoms with Gasteiger partial charge in [-0.15, -0.1) is 0 Å². The molecule has 0 saturated carbocycles. The summed E-state index contributed by atoms with van der Waals surface area (Å²) in [4.78, 5) is 0. The molecule has 0 saturated heterocycles. The van der Waals surface area contributed by atoms with Crippen LogP contribution in [0.1, 0.15) is 5.69 Å². The largest absolute Gasteiger partial charge is 0.399 e. The highest BCUT2D eigenvalue weighted by Crippen LogP contribution is 2.19. The van der Waals surface area contributed by atoms with E-state index < -0.39 is 0 Å². The average Bonchev–Trinajstić information content (AvgIpc) is 2.86. The Hall–Kier alpha value is -2.23. The van der Waals surface area contributed by atoms with Crippen LogP contribution in [0.3, 0.4) is 0 Å². The molecule has 17 heavy (non-hydrogen) atoms. The van der Waals surface area contributed by atoms with E-state index in [9.17, 15) is 0 Å². The van der Waals surface area contributed by atoms with Crippen molar-refractivity contribution >= 4 is 16.6 Å². The first-order valence-corrected chi connectivity index (χ1v) is 5.55. The van der Waals surface area contributed by atoms with Gasteiger partial charge in [-0.1, -0.05) is 0 Å². The number of fused-ring (bicyclic) bond motifs is 1. The average molecular weight is 226 g/mol. The van der Waals surface area contributed by atoms with Gasteiger partial charge in [0, 0.05) is 36.0 Å². The Morgan fingerprint density at radius 3 is 2.82 bits per heavy atom. The second kappa shape index (κ2) is 3.66. The lowest BCUT2D eigenvalue weighted by atomic mass is 10.2. The van der Waals surface area contributed by atoms with Crippen LogP contribution in [0.4, 0.5) is 5.69 Å². The Labute approximate surface area is 99.3 Å². The van der Waals surface area contributed by atoms with Crippen LogP contribution in [0.2, 0.25) is 0 Å². The Balaban J connectivity index is 2.00. The normalized spacial score (nSPS) is 11.1. The lowest BCUT2D eigenvalue weighted by Crippen LogP contribution is -1.99. The minimum absolute atomic E-state index is 0.786. The van der Waals surface area contributed by atoms with Gasteiger partial charge in [-0.25, -0.2) is 0 Å². The van der Waals surface area contributed by atoms with E-state index >= 15 is 0 Å². The predicted octanol–water partition coefficient (Wildman–Crippen LogP) is 2.01. The zero-order chi connectivity index (χ0) is 11.8. The molecule has 3 aromatic rings. The zero-order valence-corrected chi connectivity index (χ0v) is 9.67. The fourth-order valence-electron chi connectivity index (χ4n) is 2.08. The van der Waals surface area contributed by atoms with E-state index in [0.717, 1.165) is 17.9 Å². The molecule has 86 valence electrons. The number of aromatic nitrogens is 3. The van der Waals surface area contributed by atoms with Gasteiger partial charge in [0.1, 0.15) is 0 Å². The molecule has 0 atom stereocenters. The van der Waals surface area contributed by atoms with Crippen molar-refractivity contribution in [3.8, 4) is 0 Å². The van der Waals surface area contributed by atoms with Gasteiger partial charge in [-0.2, -0.15) is 5.10 Å². The molecule has 0 aliphatic rings. The molecule has 1 aromatic carbocycles. The van der Waals surface area contributed by atoms with E-state index in [1.165, 1.54) is 10.9 Å². The van der Waals surface area contributed by atoms with Crippen LogP contribution in [-0.2, 0) is 13.6 Å². The van der Waals surface area contributed by atoms with Crippen molar-refractivity contribution in [2.45, 2.75) is 6.54 Å². The number of aryl methyl sites for hydroxylation is 1. The highest BCUT2D eigenvalue weighted by atomic mass is 15.3. The highest BCUT2D eigenvalue weighted by molar-refractivity contribution is 5.83. The zero-order valence-electron chi connectivity index (χ0n) is 9.67. The molecular formula is C13H14N4. The smallest absolute Gasteiger partial charge is 0.0821 e. The maximum absolute atomic E-state index is 5.76. The van der Waals surface area contributed by atoms with Gasteiger partial charge in [0.2, 0.25) is 0 Å². The summed E-state index contributed by atoms with van der Waals surface area (Å²) in [5.74, 6) is 0. The first-order chi connectivity index (χ1) is 8.22. The fourth-order valence-corrected chi connectivity index (χ4v) is 2.08. The summed E-state index contributed by atoms with van der Waals surface area (Å²) in [5, 5.41) is 5.55. The third-order valence-electron chi connectivity index (χ3n) is 2.90. The van der Waals surface area contributed by atoms with Crippen LogP contribution in [-0.4, -0.2) is 14.3 Å². The van der Waals surface area contributed by atoms with E-state index in [1.807, 2.05) is 42.2 Å². The van der Waals surface area contributed by atoms with Crippen molar-refractivity contribution in [3.05, 3.63) is 48.4 Å². The van der Waals surface area contributed by atoms with Gasteiger partial charge in [0.15, 0.2) is 0 Å². The van der Waals surface area contributed by atoms with E-state index in [0.29, 0.717) is 0 Å². The molecule has 3 rings (SSSR count). The van der Waals surface area contributed by atoms with Gasteiger partial charge in [-0.3, -0.25) is 4.68 Å². The number of nitrogens with zero attached hydrogens (tertiary/aromatic N) is 3. The molecule has 0 bridgehead atoms. The number of nitrogens with two attached hydrogens (primary N) is 1. The SMILES string of the molecule is Cn1ccc(Cn2ccc3cc(N)ccc32)n1. The third kappa shape index (κ3) is 1.78. The third-order valence-corrected chi connectivity index (χ3v) is 2.90. The molecule has 2 aromatic heterocycles. The second-order valence-corrected chi connectivity index (χ2v) is 4.24. The number of hydrogen-bond acceptors (Lipinski definition) is 2. The Morgan fingerprint density at radius 1 is 1.18 bits per heavy atom. The molecular weight excluding hydrogens is 212 g/mol. The standard InChI is InChI=1S/C13H14N4/c1-16-6-5-12(15-16)9-17-7-4-10-8-11(14)2-3-13(10)17/h2-8H,9,14H2,1H3. The van der Waals surface area contributed by atoms with Crippen molar-refractivity contribution in [2.75, 3.05) is 5.73 Å². The van der Waals surface area contributed by atoms with Crippen LogP contribution in [0.25, 0.3) is 10.9 Å². The Morgan fingerprint density at radius 2 is 2.06 bits per heavy atom. The van der Waals surface area contributed by atoms with Gasteiger partial charge in [0.05, 0.1) is 12.2 Å². The summed E-state index contributed by atoms with van der Waals surface area (Å²) in [6.07, 6.45) is 4.03. The first kappa shape index (κ1) is 9.96. The molecule has 0 spiro atoms. The van der Waals surface area contributed by atoms with Gasteiger partial charge < -0.3 is 10.3 Å². The van der Waals surface area contributed by atoms with Crippen molar-refractivity contribution in [3.63, 3.8) is 0 Å². The number of nitrogen functional groups attached to an aromatic ring is 1. The predicted molar refractivity (Wildman–Crippen MR) is 68.7 cm³/mol. The highest BCUT2D eigenvalue weighted by Gasteiger charge is 2.03. The number of anilines is 1. The molecule has 4 heteroatoms. The number of hydrogen-bond donors (Lipinski definition) is 1. The van der Waals surface area contributed by atoms with E-state index in [1.54, 1.807) is 0 Å². The molecule has 0 aliphatic carbocycles. The molecule has 0 radical (unpaired) electrons. The summed E-state index contributed by atoms with van der Waals surface area (Å²) < 4.78 is 4.00. The summed E-state index contributed by atoms with van der Waals surface area (Å²) in [5.41, 5.74) is 8.81. The lowest BCUT2D eigenvalue weighted by Gasteiger charge is -2.03. The molecule has 0 aliphatic heterocycles. The minimum atomic E-state index is 0.786. The van der Waals surface area contributed by atoms with Crippen molar-refractivity contribution in [1.82, 2.24) is 14.3 Å². The maximum Gasteiger partial charge on any atom is 0.0821 e. The molecule has 2 N–H and O–H groups in total. The molecule has 0 amide bonds. The van der Waals surface area contributed by atoms with Gasteiger partial charge in [-0.05, 0) is 30.3 Å². The fraction of sp³-hybridized carbons (Fsp3) is 0.154. The quantitative estimate of drug-likeness (QED) is 0.679. The molecule has 4 nitrogen and oxygen atoms in total. The van der Waals surface area contributed by atoms with E-state index in [-0.39, 0.29) is 0 Å². The Bertz CT molecular complexity index is 663. The van der Waals surface area contributed by atoms with Crippen molar-refractivity contribution in [2.24, 2.45) is 7.05 Å². The molecule has 0 fully saturated rings. The monoisotopic (exact) mass is 226 g/mol. The van der Waals surface area contributed by atoms with Crippen LogP contribution in [0.5, 0.6) is 0 Å². The van der Waals surface area contributed by atoms with Gasteiger partial charge >= 0.3 is 0 Å². The van der Waals surface area contributed by atoms with Crippen molar-refractivity contribution < 1.29 is 0 Å². The van der Waals surface area contributed by atoms with Gasteiger partial charge in [0.25, 0.3) is 0 Å². The topological polar surface area (TPSA) is 48.8 Å². The summed E-state index contributed by atoms with van der Waals surface area (Å²) in [6.45, 7) is 0.786. The van der Waals surface area contributed by atoms with E-state index in [2.05, 4.69) is 21.9 Å². The Kier molecular flexibility index (Phi) is 2.14. The first-order valence-electron chi connectivity index (χ1n) is 5.55. The lowest BCUT2D eigenvalue weighted by molar-refractivity contribution is 0.716. The second-order valence-electron chi connectivity index (χ2n) is 4.24. The van der Waals surface area contributed by atoms with Crippen LogP contribution >= 0.6 is 0 Å². The summed E-state index contributed by atoms with van der Waals surface area (Å²) >= 11 is 0. The molecule has 0 unspecified atom stereocenters. The molecule has 2 heterocycles. The van der Waals surface area contributed by atoms with Crippen LogP contribution in [0, 0.1) is 0 Å². The number of rotatable bonds is 2. The van der Waals surface area contributed by atoms with Crippen LogP contribution in [0.15, 0.2) is 42.7 Å². The van der Waals surface area contributed by atoms with E-state index in [4.69, 9.17) is 5.73 Å².